The van der Waals surface area contributed by atoms with Crippen molar-refractivity contribution >= 4 is 22.2 Å². The summed E-state index contributed by atoms with van der Waals surface area (Å²) < 4.78 is 0. The predicted octanol–water partition coefficient (Wildman–Crippen LogP) is 6.20. The molecule has 1 atom stereocenters. The van der Waals surface area contributed by atoms with Gasteiger partial charge in [-0.2, -0.15) is 5.10 Å². The summed E-state index contributed by atoms with van der Waals surface area (Å²) in [6, 6.07) is 36.4. The summed E-state index contributed by atoms with van der Waals surface area (Å²) in [4.78, 5) is 0. The zero-order valence-electron chi connectivity index (χ0n) is 15.0. The summed E-state index contributed by atoms with van der Waals surface area (Å²) in [5, 5.41) is 9.80. The van der Waals surface area contributed by atoms with Crippen LogP contribution in [0.15, 0.2) is 108 Å². The summed E-state index contributed by atoms with van der Waals surface area (Å²) in [7, 11) is 0. The second kappa shape index (κ2) is 6.73. The normalized spacial score (nSPS) is 16.5. The van der Waals surface area contributed by atoms with Crippen molar-refractivity contribution in [2.45, 2.75) is 12.5 Å². The van der Waals surface area contributed by atoms with Crippen molar-refractivity contribution < 1.29 is 0 Å². The van der Waals surface area contributed by atoms with Crippen LogP contribution < -0.4 is 5.01 Å². The van der Waals surface area contributed by atoms with E-state index in [0.717, 1.165) is 17.8 Å². The van der Waals surface area contributed by atoms with Gasteiger partial charge in [0.05, 0.1) is 17.4 Å². The van der Waals surface area contributed by atoms with Crippen LogP contribution in [0.2, 0.25) is 0 Å². The first-order valence-electron chi connectivity index (χ1n) is 9.35. The lowest BCUT2D eigenvalue weighted by Gasteiger charge is -2.25. The molecule has 1 aliphatic heterocycles. The molecule has 0 amide bonds. The van der Waals surface area contributed by atoms with Gasteiger partial charge < -0.3 is 0 Å². The molecule has 130 valence electrons. The molecule has 1 aliphatic rings. The van der Waals surface area contributed by atoms with Gasteiger partial charge in [-0.25, -0.2) is 0 Å². The van der Waals surface area contributed by atoms with Gasteiger partial charge >= 0.3 is 0 Å². The molecule has 0 N–H and O–H groups in total. The van der Waals surface area contributed by atoms with Gasteiger partial charge in [0.25, 0.3) is 0 Å². The monoisotopic (exact) mass is 348 g/mol. The lowest BCUT2D eigenvalue weighted by Crippen LogP contribution is -2.18. The lowest BCUT2D eigenvalue weighted by atomic mass is 9.94. The third-order valence-electron chi connectivity index (χ3n) is 5.22. The molecule has 0 radical (unpaired) electrons. The highest BCUT2D eigenvalue weighted by atomic mass is 15.5. The molecule has 2 heteroatoms. The Hall–Kier alpha value is -3.39. The number of hydrogen-bond acceptors (Lipinski definition) is 2. The average molecular weight is 348 g/mol. The van der Waals surface area contributed by atoms with Crippen molar-refractivity contribution in [3.05, 3.63) is 114 Å². The fraction of sp³-hybridized carbons (Fsp3) is 0.0800. The quantitative estimate of drug-likeness (QED) is 0.431. The number of benzene rings is 4. The van der Waals surface area contributed by atoms with E-state index in [1.807, 2.05) is 6.07 Å². The van der Waals surface area contributed by atoms with E-state index in [0.29, 0.717) is 0 Å². The third kappa shape index (κ3) is 2.89. The van der Waals surface area contributed by atoms with E-state index in [4.69, 9.17) is 5.10 Å². The van der Waals surface area contributed by atoms with Crippen LogP contribution in [0.25, 0.3) is 10.8 Å². The zero-order chi connectivity index (χ0) is 18.1. The van der Waals surface area contributed by atoms with Gasteiger partial charge in [-0.05, 0) is 34.0 Å². The number of hydrazone groups is 1. The van der Waals surface area contributed by atoms with Crippen LogP contribution >= 0.6 is 0 Å². The Morgan fingerprint density at radius 2 is 1.33 bits per heavy atom. The molecule has 0 fully saturated rings. The third-order valence-corrected chi connectivity index (χ3v) is 5.22. The first kappa shape index (κ1) is 15.8. The van der Waals surface area contributed by atoms with E-state index in [9.17, 15) is 0 Å². The highest BCUT2D eigenvalue weighted by molar-refractivity contribution is 6.03. The molecule has 2 nitrogen and oxygen atoms in total. The molecule has 27 heavy (non-hydrogen) atoms. The maximum absolute atomic E-state index is 5.04. The standard InChI is InChI=1S/C25H20N2/c1-3-11-20(12-4-1)24-18-25(27(26-24)21-14-5-2-6-15-21)23-17-9-13-19-10-7-8-16-22(19)23/h1-17,25H,18H2/t25-/m0/s1. The van der Waals surface area contributed by atoms with Crippen molar-refractivity contribution in [2.75, 3.05) is 5.01 Å². The van der Waals surface area contributed by atoms with Crippen molar-refractivity contribution in [3.63, 3.8) is 0 Å². The molecule has 4 aromatic rings. The molecule has 0 aliphatic carbocycles. The van der Waals surface area contributed by atoms with Crippen LogP contribution in [0.3, 0.4) is 0 Å². The van der Waals surface area contributed by atoms with Crippen molar-refractivity contribution in [1.29, 1.82) is 0 Å². The maximum Gasteiger partial charge on any atom is 0.0837 e. The van der Waals surface area contributed by atoms with Crippen LogP contribution in [0.4, 0.5) is 5.69 Å². The van der Waals surface area contributed by atoms with Gasteiger partial charge in [0.15, 0.2) is 0 Å². The molecule has 0 saturated heterocycles. The molecule has 4 aromatic carbocycles. The Labute approximate surface area is 159 Å². The fourth-order valence-electron chi connectivity index (χ4n) is 3.92. The average Bonchev–Trinajstić information content (AvgIpc) is 3.20. The Morgan fingerprint density at radius 3 is 2.15 bits per heavy atom. The molecular formula is C25H20N2. The van der Waals surface area contributed by atoms with Gasteiger partial charge in [0.1, 0.15) is 0 Å². The molecule has 1 heterocycles. The summed E-state index contributed by atoms with van der Waals surface area (Å²) >= 11 is 0. The highest BCUT2D eigenvalue weighted by Gasteiger charge is 2.30. The second-order valence-electron chi connectivity index (χ2n) is 6.88. The van der Waals surface area contributed by atoms with Gasteiger partial charge in [-0.15, -0.1) is 0 Å². The zero-order valence-corrected chi connectivity index (χ0v) is 15.0. The Kier molecular flexibility index (Phi) is 3.95. The van der Waals surface area contributed by atoms with E-state index in [1.165, 1.54) is 21.9 Å². The van der Waals surface area contributed by atoms with Crippen LogP contribution in [-0.2, 0) is 0 Å². The Bertz CT molecular complexity index is 1100. The van der Waals surface area contributed by atoms with E-state index in [2.05, 4.69) is 102 Å². The Balaban J connectivity index is 1.64. The molecule has 0 saturated carbocycles. The van der Waals surface area contributed by atoms with E-state index in [-0.39, 0.29) is 6.04 Å². The number of hydrogen-bond donors (Lipinski definition) is 0. The van der Waals surface area contributed by atoms with Crippen LogP contribution in [0.1, 0.15) is 23.6 Å². The van der Waals surface area contributed by atoms with Crippen molar-refractivity contribution in [3.8, 4) is 0 Å². The summed E-state index contributed by atoms with van der Waals surface area (Å²) in [5.74, 6) is 0. The van der Waals surface area contributed by atoms with E-state index >= 15 is 0 Å². The number of fused-ring (bicyclic) bond motifs is 1. The molecule has 0 aromatic heterocycles. The molecule has 5 rings (SSSR count). The van der Waals surface area contributed by atoms with Gasteiger partial charge in [-0.1, -0.05) is 91.0 Å². The van der Waals surface area contributed by atoms with Crippen LogP contribution in [0.5, 0.6) is 0 Å². The summed E-state index contributed by atoms with van der Waals surface area (Å²) in [6.07, 6.45) is 0.896. The van der Waals surface area contributed by atoms with Crippen molar-refractivity contribution in [1.82, 2.24) is 0 Å². The Morgan fingerprint density at radius 1 is 0.667 bits per heavy atom. The van der Waals surface area contributed by atoms with Gasteiger partial charge in [-0.3, -0.25) is 5.01 Å². The first-order chi connectivity index (χ1) is 13.4. The molecular weight excluding hydrogens is 328 g/mol. The molecule has 0 unspecified atom stereocenters. The first-order valence-corrected chi connectivity index (χ1v) is 9.35. The summed E-state index contributed by atoms with van der Waals surface area (Å²) in [5.41, 5.74) is 4.78. The van der Waals surface area contributed by atoms with Crippen molar-refractivity contribution in [2.24, 2.45) is 5.10 Å². The summed E-state index contributed by atoms with van der Waals surface area (Å²) in [6.45, 7) is 0. The number of rotatable bonds is 3. The van der Waals surface area contributed by atoms with Crippen LogP contribution in [-0.4, -0.2) is 5.71 Å². The SMILES string of the molecule is c1ccc(C2=NN(c3ccccc3)[C@H](c3cccc4ccccc34)C2)cc1. The fourth-order valence-corrected chi connectivity index (χ4v) is 3.92. The molecule has 0 spiro atoms. The van der Waals surface area contributed by atoms with E-state index < -0.39 is 0 Å². The largest absolute Gasteiger partial charge is 0.257 e. The number of anilines is 1. The molecule has 0 bridgehead atoms. The van der Waals surface area contributed by atoms with Gasteiger partial charge in [0.2, 0.25) is 0 Å². The predicted molar refractivity (Wildman–Crippen MR) is 113 cm³/mol. The van der Waals surface area contributed by atoms with Gasteiger partial charge in [0, 0.05) is 6.42 Å². The number of nitrogens with zero attached hydrogens (tertiary/aromatic N) is 2. The lowest BCUT2D eigenvalue weighted by molar-refractivity contribution is 0.714. The smallest absolute Gasteiger partial charge is 0.0837 e. The minimum Gasteiger partial charge on any atom is -0.257 e. The number of para-hydroxylation sites is 1. The topological polar surface area (TPSA) is 15.6 Å². The minimum absolute atomic E-state index is 0.189. The van der Waals surface area contributed by atoms with Crippen LogP contribution in [0, 0.1) is 0 Å². The maximum atomic E-state index is 5.04. The highest BCUT2D eigenvalue weighted by Crippen LogP contribution is 2.39. The van der Waals surface area contributed by atoms with E-state index in [1.54, 1.807) is 0 Å². The minimum atomic E-state index is 0.189. The second-order valence-corrected chi connectivity index (χ2v) is 6.88.